The molecule has 6 aliphatic heterocycles. The van der Waals surface area contributed by atoms with E-state index >= 15 is 8.78 Å². The first kappa shape index (κ1) is 39.2. The largest absolute Gasteiger partial charge is 0.504 e. The van der Waals surface area contributed by atoms with Crippen LogP contribution in [0.2, 0.25) is 0 Å². The minimum atomic E-state index is -2.70. The number of nitrogens with one attached hydrogen (secondary N) is 2. The summed E-state index contributed by atoms with van der Waals surface area (Å²) >= 11 is 0. The van der Waals surface area contributed by atoms with E-state index in [1.54, 1.807) is 15.9 Å². The van der Waals surface area contributed by atoms with Gasteiger partial charge in [0.15, 0.2) is 17.4 Å². The van der Waals surface area contributed by atoms with Crippen molar-refractivity contribution in [3.05, 3.63) is 88.2 Å². The SMILES string of the molecule is Cc1c(O[C@H]2CN3c4cc(-c5cccc(F)c5O)nnc4NC[C@@]3(C(F)F)C2)ccc2c1CCN(CC1CCN(c3ccc4c(c3)C(=O)N([C@H]3CCC(=O)NC3=O)C4)CC1)C2. The zero-order valence-corrected chi connectivity index (χ0v) is 33.8. The normalized spacial score (nSPS) is 24.0. The van der Waals surface area contributed by atoms with Gasteiger partial charge < -0.3 is 29.9 Å². The first-order chi connectivity index (χ1) is 29.5. The van der Waals surface area contributed by atoms with Crippen LogP contribution >= 0.6 is 0 Å². The predicted molar refractivity (Wildman–Crippen MR) is 220 cm³/mol. The Morgan fingerprint density at radius 1 is 0.951 bits per heavy atom. The average molecular weight is 837 g/mol. The molecule has 0 bridgehead atoms. The van der Waals surface area contributed by atoms with Gasteiger partial charge in [0.2, 0.25) is 11.8 Å². The molecule has 13 nitrogen and oxygen atoms in total. The topological polar surface area (TPSA) is 143 Å². The maximum absolute atomic E-state index is 15.1. The number of amides is 3. The number of imide groups is 1. The van der Waals surface area contributed by atoms with Crippen molar-refractivity contribution >= 4 is 34.9 Å². The van der Waals surface area contributed by atoms with E-state index in [1.807, 2.05) is 25.1 Å². The van der Waals surface area contributed by atoms with Crippen molar-refractivity contribution in [1.29, 1.82) is 0 Å². The number of ether oxygens (including phenoxy) is 1. The van der Waals surface area contributed by atoms with Gasteiger partial charge in [-0.25, -0.2) is 13.2 Å². The van der Waals surface area contributed by atoms with Crippen molar-refractivity contribution in [1.82, 2.24) is 25.3 Å². The zero-order chi connectivity index (χ0) is 42.2. The number of halogens is 3. The molecule has 3 amide bonds. The van der Waals surface area contributed by atoms with E-state index in [1.165, 1.54) is 23.3 Å². The molecule has 3 N–H and O–H groups in total. The molecule has 3 atom stereocenters. The highest BCUT2D eigenvalue weighted by atomic mass is 19.3. The molecule has 4 aromatic rings. The highest BCUT2D eigenvalue weighted by Gasteiger charge is 2.56. The number of aromatic nitrogens is 2. The number of benzene rings is 3. The first-order valence-electron chi connectivity index (χ1n) is 21.1. The van der Waals surface area contributed by atoms with E-state index in [0.29, 0.717) is 41.7 Å². The van der Waals surface area contributed by atoms with Crippen LogP contribution in [-0.2, 0) is 29.1 Å². The number of fused-ring (bicyclic) bond motifs is 5. The van der Waals surface area contributed by atoms with Gasteiger partial charge in [-0.05, 0) is 97.2 Å². The summed E-state index contributed by atoms with van der Waals surface area (Å²) in [5.74, 6) is -0.677. The molecule has 3 fully saturated rings. The smallest absolute Gasteiger partial charge is 0.263 e. The fraction of sp³-hybridized carbons (Fsp3) is 0.444. The Morgan fingerprint density at radius 2 is 1.77 bits per heavy atom. The third-order valence-electron chi connectivity index (χ3n) is 13.8. The number of phenolic OH excluding ortho intramolecular Hbond substituents is 1. The average Bonchev–Trinajstić information content (AvgIpc) is 3.81. The van der Waals surface area contributed by atoms with E-state index in [-0.39, 0.29) is 49.0 Å². The summed E-state index contributed by atoms with van der Waals surface area (Å²) in [6.45, 7) is 7.06. The first-order valence-corrected chi connectivity index (χ1v) is 21.1. The molecule has 61 heavy (non-hydrogen) atoms. The molecule has 0 saturated carbocycles. The number of hydrogen-bond donors (Lipinski definition) is 3. The lowest BCUT2D eigenvalue weighted by atomic mass is 9.91. The van der Waals surface area contributed by atoms with Gasteiger partial charge in [-0.3, -0.25) is 24.6 Å². The summed E-state index contributed by atoms with van der Waals surface area (Å²) in [4.78, 5) is 45.6. The lowest BCUT2D eigenvalue weighted by molar-refractivity contribution is -0.136. The molecular weight excluding hydrogens is 790 g/mol. The van der Waals surface area contributed by atoms with E-state index in [0.717, 1.165) is 74.9 Å². The van der Waals surface area contributed by atoms with Gasteiger partial charge in [0.1, 0.15) is 23.4 Å². The summed E-state index contributed by atoms with van der Waals surface area (Å²) in [7, 11) is 0. The Balaban J connectivity index is 0.761. The van der Waals surface area contributed by atoms with Crippen LogP contribution < -0.4 is 25.2 Å². The number of piperidine rings is 2. The quantitative estimate of drug-likeness (QED) is 0.196. The highest BCUT2D eigenvalue weighted by Crippen LogP contribution is 2.47. The van der Waals surface area contributed by atoms with Crippen molar-refractivity contribution < 1.29 is 37.4 Å². The standard InChI is InChI=1S/C45H47F3N8O5/c1-25-31-13-14-53(20-26-11-15-54(16-12-26)29-7-5-28-22-55(43(60)33(28)17-29)36-8-10-39(57)50-42(36)59)21-27(31)6-9-38(25)61-30-19-45(44(47)48)24-49-41-37(56(45)23-30)18-35(51-52-41)32-3-2-4-34(46)40(32)58/h2-7,9,17-18,26,30,36,44,58H,8,10-16,19-24H2,1H3,(H,49,52)(H,50,57,59)/t30-,36+,45-/m1/s1. The fourth-order valence-electron chi connectivity index (χ4n) is 10.4. The van der Waals surface area contributed by atoms with Gasteiger partial charge in [-0.15, -0.1) is 10.2 Å². The van der Waals surface area contributed by atoms with Gasteiger partial charge in [-0.1, -0.05) is 18.2 Å². The molecule has 16 heteroatoms. The van der Waals surface area contributed by atoms with Crippen LogP contribution in [0, 0.1) is 18.7 Å². The molecule has 1 aromatic heterocycles. The lowest BCUT2D eigenvalue weighted by Crippen LogP contribution is -2.57. The molecule has 6 aliphatic rings. The molecule has 0 aliphatic carbocycles. The van der Waals surface area contributed by atoms with Crippen molar-refractivity contribution in [2.75, 3.05) is 54.4 Å². The van der Waals surface area contributed by atoms with E-state index in [4.69, 9.17) is 4.74 Å². The number of rotatable bonds is 8. The third kappa shape index (κ3) is 6.88. The Morgan fingerprint density at radius 3 is 2.57 bits per heavy atom. The van der Waals surface area contributed by atoms with Gasteiger partial charge in [0, 0.05) is 75.5 Å². The summed E-state index contributed by atoms with van der Waals surface area (Å²) in [5, 5.41) is 24.1. The number of anilines is 3. The second kappa shape index (κ2) is 15.2. The van der Waals surface area contributed by atoms with Gasteiger partial charge >= 0.3 is 0 Å². The maximum atomic E-state index is 15.1. The second-order valence-electron chi connectivity index (χ2n) is 17.4. The molecule has 0 spiro atoms. The number of aromatic hydroxyl groups is 1. The van der Waals surface area contributed by atoms with E-state index in [9.17, 15) is 23.9 Å². The number of para-hydroxylation sites is 1. The molecular formula is C45H47F3N8O5. The van der Waals surface area contributed by atoms with Gasteiger partial charge in [-0.2, -0.15) is 0 Å². The van der Waals surface area contributed by atoms with Crippen LogP contribution in [0.4, 0.5) is 30.4 Å². The lowest BCUT2D eigenvalue weighted by Gasteiger charge is -2.43. The van der Waals surface area contributed by atoms with Crippen LogP contribution in [0.3, 0.4) is 0 Å². The van der Waals surface area contributed by atoms with Crippen molar-refractivity contribution in [3.63, 3.8) is 0 Å². The summed E-state index contributed by atoms with van der Waals surface area (Å²) in [5.41, 5.74) is 5.22. The molecule has 0 radical (unpaired) electrons. The van der Waals surface area contributed by atoms with Crippen LogP contribution in [-0.4, -0.2) is 106 Å². The number of phenols is 1. The Hall–Kier alpha value is -5.90. The summed E-state index contributed by atoms with van der Waals surface area (Å²) < 4.78 is 50.9. The second-order valence-corrected chi connectivity index (χ2v) is 17.4. The predicted octanol–water partition coefficient (Wildman–Crippen LogP) is 5.42. The van der Waals surface area contributed by atoms with Crippen LogP contribution in [0.5, 0.6) is 11.5 Å². The van der Waals surface area contributed by atoms with Crippen LogP contribution in [0.15, 0.2) is 54.6 Å². The molecule has 318 valence electrons. The molecule has 10 rings (SSSR count). The van der Waals surface area contributed by atoms with Crippen LogP contribution in [0.1, 0.15) is 64.7 Å². The fourth-order valence-corrected chi connectivity index (χ4v) is 10.4. The summed E-state index contributed by atoms with van der Waals surface area (Å²) in [6.07, 6.45) is 0.342. The number of carbonyl (C=O) groups excluding carboxylic acids is 3. The molecule has 0 unspecified atom stereocenters. The third-order valence-corrected chi connectivity index (χ3v) is 13.8. The van der Waals surface area contributed by atoms with E-state index in [2.05, 4.69) is 42.8 Å². The number of carbonyl (C=O) groups is 3. The van der Waals surface area contributed by atoms with Crippen molar-refractivity contribution in [2.24, 2.45) is 5.92 Å². The molecule has 3 saturated heterocycles. The minimum absolute atomic E-state index is 0.0448. The summed E-state index contributed by atoms with van der Waals surface area (Å²) in [6, 6.07) is 15.1. The molecule has 3 aromatic carbocycles. The monoisotopic (exact) mass is 836 g/mol. The van der Waals surface area contributed by atoms with E-state index < -0.39 is 41.6 Å². The highest BCUT2D eigenvalue weighted by molar-refractivity contribution is 6.05. The Kier molecular flexibility index (Phi) is 9.80. The van der Waals surface area contributed by atoms with Gasteiger partial charge in [0.05, 0.1) is 17.9 Å². The van der Waals surface area contributed by atoms with Crippen LogP contribution in [0.25, 0.3) is 11.3 Å². The van der Waals surface area contributed by atoms with Gasteiger partial charge in [0.25, 0.3) is 12.3 Å². The Labute approximate surface area is 350 Å². The number of nitrogens with zero attached hydrogens (tertiary/aromatic N) is 6. The van der Waals surface area contributed by atoms with Crippen molar-refractivity contribution in [3.8, 4) is 22.8 Å². The molecule has 7 heterocycles. The Bertz CT molecular complexity index is 2450. The zero-order valence-electron chi connectivity index (χ0n) is 33.8. The minimum Gasteiger partial charge on any atom is -0.504 e. The van der Waals surface area contributed by atoms with Crippen molar-refractivity contribution in [2.45, 2.75) is 82.6 Å². The number of alkyl halides is 2. The maximum Gasteiger partial charge on any atom is 0.263 e. The number of hydrogen-bond acceptors (Lipinski definition) is 11.